The number of nitro benzene ring substituents is 1. The van der Waals surface area contributed by atoms with Gasteiger partial charge < -0.3 is 19.5 Å². The first-order valence-electron chi connectivity index (χ1n) is 15.1. The number of ether oxygens (including phenoxy) is 3. The van der Waals surface area contributed by atoms with E-state index < -0.39 is 28.9 Å². The molecular weight excluding hydrogens is 586 g/mol. The molecule has 2 aromatic carbocycles. The van der Waals surface area contributed by atoms with Crippen LogP contribution in [0.2, 0.25) is 0 Å². The molecule has 0 saturated carbocycles. The largest absolute Gasteiger partial charge is 0.460 e. The highest BCUT2D eigenvalue weighted by Crippen LogP contribution is 2.40. The lowest BCUT2D eigenvalue weighted by Crippen LogP contribution is -2.33. The summed E-state index contributed by atoms with van der Waals surface area (Å²) in [6.45, 7) is 9.29. The van der Waals surface area contributed by atoms with Crippen molar-refractivity contribution in [2.75, 3.05) is 19.8 Å². The number of carbonyl (C=O) groups is 2. The van der Waals surface area contributed by atoms with Crippen LogP contribution >= 0.6 is 0 Å². The number of non-ortho nitro benzene ring substituents is 1. The number of hydrogen-bond acceptors (Lipinski definition) is 9. The zero-order valence-corrected chi connectivity index (χ0v) is 26.7. The summed E-state index contributed by atoms with van der Waals surface area (Å²) in [5.41, 5.74) is 5.98. The number of pyridine rings is 1. The highest BCUT2D eigenvalue weighted by molar-refractivity contribution is 6.00. The topological polar surface area (TPSA) is 130 Å². The van der Waals surface area contributed by atoms with Gasteiger partial charge in [-0.15, -0.1) is 0 Å². The fourth-order valence-electron chi connectivity index (χ4n) is 5.26. The Morgan fingerprint density at radius 2 is 1.70 bits per heavy atom. The fourth-order valence-corrected chi connectivity index (χ4v) is 5.26. The quantitative estimate of drug-likeness (QED) is 0.0988. The maximum absolute atomic E-state index is 13.5. The van der Waals surface area contributed by atoms with Gasteiger partial charge in [0.25, 0.3) is 5.69 Å². The summed E-state index contributed by atoms with van der Waals surface area (Å²) in [5.74, 6) is -2.21. The van der Waals surface area contributed by atoms with Gasteiger partial charge in [-0.3, -0.25) is 15.1 Å². The van der Waals surface area contributed by atoms with Crippen LogP contribution in [0.3, 0.4) is 0 Å². The first-order chi connectivity index (χ1) is 22.0. The van der Waals surface area contributed by atoms with E-state index >= 15 is 0 Å². The van der Waals surface area contributed by atoms with Crippen molar-refractivity contribution in [2.45, 2.75) is 53.1 Å². The molecule has 2 heterocycles. The maximum Gasteiger partial charge on any atom is 0.337 e. The zero-order chi connectivity index (χ0) is 33.2. The predicted molar refractivity (Wildman–Crippen MR) is 175 cm³/mol. The smallest absolute Gasteiger partial charge is 0.337 e. The summed E-state index contributed by atoms with van der Waals surface area (Å²) in [7, 11) is 0. The number of hydrogen-bond donors (Lipinski definition) is 1. The van der Waals surface area contributed by atoms with E-state index in [1.165, 1.54) is 23.8 Å². The van der Waals surface area contributed by atoms with Crippen molar-refractivity contribution in [1.82, 2.24) is 10.3 Å². The molecule has 10 heteroatoms. The van der Waals surface area contributed by atoms with Crippen LogP contribution in [-0.4, -0.2) is 47.8 Å². The highest BCUT2D eigenvalue weighted by atomic mass is 16.6. The minimum atomic E-state index is -0.929. The number of dihydropyridines is 1. The number of benzene rings is 2. The Labute approximate surface area is 268 Å². The zero-order valence-electron chi connectivity index (χ0n) is 26.7. The van der Waals surface area contributed by atoms with E-state index in [4.69, 9.17) is 14.2 Å². The molecule has 3 aromatic rings. The van der Waals surface area contributed by atoms with Crippen LogP contribution in [0.5, 0.6) is 0 Å². The van der Waals surface area contributed by atoms with Gasteiger partial charge in [0.05, 0.1) is 41.3 Å². The SMILES string of the molecule is CC(=Cc1ccc(Cc2cccnc2)cc1)COCCOC(=O)C1=C(C)NC(C)=C(C(=O)OC(C)C)C1c1cccc([N+](=O)[O-])c1. The Morgan fingerprint density at radius 3 is 2.35 bits per heavy atom. The summed E-state index contributed by atoms with van der Waals surface area (Å²) < 4.78 is 16.8. The molecule has 1 aromatic heterocycles. The Hall–Kier alpha value is -5.09. The van der Waals surface area contributed by atoms with Crippen molar-refractivity contribution in [3.05, 3.63) is 134 Å². The number of rotatable bonds is 13. The van der Waals surface area contributed by atoms with Gasteiger partial charge in [0.15, 0.2) is 0 Å². The van der Waals surface area contributed by atoms with Crippen LogP contribution in [-0.2, 0) is 30.2 Å². The number of carbonyl (C=O) groups excluding carboxylic acids is 2. The van der Waals surface area contributed by atoms with Crippen molar-refractivity contribution >= 4 is 23.7 Å². The molecule has 240 valence electrons. The average molecular weight is 626 g/mol. The third kappa shape index (κ3) is 8.98. The van der Waals surface area contributed by atoms with Crippen molar-refractivity contribution in [1.29, 1.82) is 0 Å². The summed E-state index contributed by atoms with van der Waals surface area (Å²) in [5, 5.41) is 14.6. The molecule has 10 nitrogen and oxygen atoms in total. The molecular formula is C36H39N3O7. The molecule has 0 saturated heterocycles. The number of esters is 2. The molecule has 0 aliphatic carbocycles. The first kappa shape index (κ1) is 33.8. The van der Waals surface area contributed by atoms with Crippen molar-refractivity contribution in [2.24, 2.45) is 0 Å². The second-order valence-electron chi connectivity index (χ2n) is 11.4. The molecule has 1 N–H and O–H groups in total. The highest BCUT2D eigenvalue weighted by Gasteiger charge is 2.38. The van der Waals surface area contributed by atoms with Gasteiger partial charge in [-0.05, 0) is 74.9 Å². The molecule has 0 fully saturated rings. The fraction of sp³-hybridized carbons (Fsp3) is 0.306. The second-order valence-corrected chi connectivity index (χ2v) is 11.4. The number of nitrogens with one attached hydrogen (secondary N) is 1. The van der Waals surface area contributed by atoms with Crippen LogP contribution in [0.15, 0.2) is 101 Å². The monoisotopic (exact) mass is 625 g/mol. The molecule has 0 radical (unpaired) electrons. The van der Waals surface area contributed by atoms with Gasteiger partial charge in [-0.25, -0.2) is 9.59 Å². The Morgan fingerprint density at radius 1 is 0.978 bits per heavy atom. The summed E-state index contributed by atoms with van der Waals surface area (Å²) >= 11 is 0. The van der Waals surface area contributed by atoms with Gasteiger partial charge >= 0.3 is 11.9 Å². The van der Waals surface area contributed by atoms with Crippen molar-refractivity contribution < 1.29 is 28.7 Å². The number of nitrogens with zero attached hydrogens (tertiary/aromatic N) is 2. The molecule has 1 unspecified atom stereocenters. The first-order valence-corrected chi connectivity index (χ1v) is 15.1. The van der Waals surface area contributed by atoms with Gasteiger partial charge in [0, 0.05) is 35.9 Å². The van der Waals surface area contributed by atoms with E-state index in [1.54, 1.807) is 40.0 Å². The minimum absolute atomic E-state index is 0.0257. The van der Waals surface area contributed by atoms with E-state index in [0.29, 0.717) is 23.6 Å². The predicted octanol–water partition coefficient (Wildman–Crippen LogP) is 6.43. The van der Waals surface area contributed by atoms with E-state index in [2.05, 4.69) is 40.6 Å². The maximum atomic E-state index is 13.5. The second kappa shape index (κ2) is 15.8. The van der Waals surface area contributed by atoms with Gasteiger partial charge in [0.2, 0.25) is 0 Å². The van der Waals surface area contributed by atoms with E-state index in [-0.39, 0.29) is 30.0 Å². The lowest BCUT2D eigenvalue weighted by molar-refractivity contribution is -0.384. The van der Waals surface area contributed by atoms with Gasteiger partial charge in [0.1, 0.15) is 6.61 Å². The van der Waals surface area contributed by atoms with Crippen LogP contribution in [0.1, 0.15) is 62.8 Å². The summed E-state index contributed by atoms with van der Waals surface area (Å²) in [6, 6.07) is 18.2. The molecule has 1 aliphatic heterocycles. The Balaban J connectivity index is 1.38. The Kier molecular flexibility index (Phi) is 11.6. The summed E-state index contributed by atoms with van der Waals surface area (Å²) in [4.78, 5) is 41.9. The molecule has 1 aliphatic rings. The van der Waals surface area contributed by atoms with Crippen LogP contribution in [0.4, 0.5) is 5.69 Å². The van der Waals surface area contributed by atoms with Crippen LogP contribution in [0, 0.1) is 10.1 Å². The van der Waals surface area contributed by atoms with Gasteiger partial charge in [-0.1, -0.05) is 48.5 Å². The molecule has 0 bridgehead atoms. The average Bonchev–Trinajstić information content (AvgIpc) is 3.01. The van der Waals surface area contributed by atoms with Crippen LogP contribution < -0.4 is 5.32 Å². The number of nitro groups is 1. The van der Waals surface area contributed by atoms with E-state index in [0.717, 1.165) is 23.1 Å². The van der Waals surface area contributed by atoms with E-state index in [1.807, 2.05) is 25.3 Å². The number of aromatic nitrogens is 1. The molecule has 46 heavy (non-hydrogen) atoms. The van der Waals surface area contributed by atoms with Crippen molar-refractivity contribution in [3.8, 4) is 0 Å². The number of allylic oxidation sites excluding steroid dienone is 2. The van der Waals surface area contributed by atoms with Gasteiger partial charge in [-0.2, -0.15) is 0 Å². The molecule has 0 amide bonds. The summed E-state index contributed by atoms with van der Waals surface area (Å²) in [6.07, 6.45) is 6.08. The lowest BCUT2D eigenvalue weighted by Gasteiger charge is -2.30. The minimum Gasteiger partial charge on any atom is -0.460 e. The molecule has 0 spiro atoms. The molecule has 1 atom stereocenters. The normalized spacial score (nSPS) is 15.1. The van der Waals surface area contributed by atoms with E-state index in [9.17, 15) is 19.7 Å². The molecule has 4 rings (SSSR count). The van der Waals surface area contributed by atoms with Crippen molar-refractivity contribution in [3.63, 3.8) is 0 Å². The third-order valence-corrected chi connectivity index (χ3v) is 7.27. The standard InChI is InChI=1S/C36H39N3O7/c1-23(2)46-36(41)33-26(5)38-25(4)32(34(33)30-9-6-10-31(20-30)39(42)43)35(40)45-17-16-44-22-24(3)18-27-11-13-28(14-12-27)19-29-8-7-15-37-21-29/h6-15,18,20-21,23,34,38H,16-17,19,22H2,1-5H3. The third-order valence-electron chi connectivity index (χ3n) is 7.27. The van der Waals surface area contributed by atoms with Crippen LogP contribution in [0.25, 0.3) is 6.08 Å². The Bertz CT molecular complexity index is 1660. The lowest BCUT2D eigenvalue weighted by atomic mass is 9.80.